The Bertz CT molecular complexity index is 851. The van der Waals surface area contributed by atoms with Gasteiger partial charge in [-0.3, -0.25) is 4.90 Å². The minimum absolute atomic E-state index is 0.0696. The van der Waals surface area contributed by atoms with E-state index in [4.69, 9.17) is 9.26 Å². The van der Waals surface area contributed by atoms with Gasteiger partial charge in [0.25, 0.3) is 0 Å². The average molecular weight is 423 g/mol. The molecule has 0 spiro atoms. The third-order valence-electron chi connectivity index (χ3n) is 4.97. The number of hydrogen-bond donors (Lipinski definition) is 0. The third-order valence-corrected chi connectivity index (χ3v) is 8.38. The van der Waals surface area contributed by atoms with Crippen molar-refractivity contribution >= 4 is 20.0 Å². The smallest absolute Gasteiger partial charge is 0.248 e. The zero-order valence-electron chi connectivity index (χ0n) is 15.8. The minimum Gasteiger partial charge on any atom is -0.379 e. The molecule has 27 heavy (non-hydrogen) atoms. The van der Waals surface area contributed by atoms with Gasteiger partial charge in [-0.1, -0.05) is 5.16 Å². The van der Waals surface area contributed by atoms with E-state index in [2.05, 4.69) is 10.1 Å². The highest BCUT2D eigenvalue weighted by molar-refractivity contribution is 7.89. The summed E-state index contributed by atoms with van der Waals surface area (Å²) in [5.74, 6) is 0.239. The first-order valence-corrected chi connectivity index (χ1v) is 12.1. The molecule has 2 aliphatic heterocycles. The van der Waals surface area contributed by atoms with Crippen molar-refractivity contribution in [3.05, 3.63) is 11.5 Å². The first-order valence-electron chi connectivity index (χ1n) is 8.80. The molecule has 154 valence electrons. The van der Waals surface area contributed by atoms with Crippen LogP contribution in [0.4, 0.5) is 0 Å². The lowest BCUT2D eigenvalue weighted by atomic mass is 10.2. The Hall–Kier alpha value is -1.05. The Labute approximate surface area is 160 Å². The lowest BCUT2D eigenvalue weighted by molar-refractivity contribution is 0.0330. The van der Waals surface area contributed by atoms with Crippen LogP contribution in [0.2, 0.25) is 0 Å². The van der Waals surface area contributed by atoms with Crippen molar-refractivity contribution in [3.63, 3.8) is 0 Å². The normalized spacial score (nSPS) is 20.9. The molecule has 0 unspecified atom stereocenters. The van der Waals surface area contributed by atoms with Crippen LogP contribution < -0.4 is 0 Å². The second-order valence-corrected chi connectivity index (χ2v) is 10.8. The number of morpholine rings is 1. The number of nitrogens with zero attached hydrogens (tertiary/aromatic N) is 4. The molecule has 0 amide bonds. The lowest BCUT2D eigenvalue weighted by Crippen LogP contribution is -2.62. The summed E-state index contributed by atoms with van der Waals surface area (Å²) >= 11 is 0. The van der Waals surface area contributed by atoms with Crippen molar-refractivity contribution in [1.82, 2.24) is 18.7 Å². The molecule has 3 heterocycles. The van der Waals surface area contributed by atoms with E-state index < -0.39 is 20.0 Å². The number of hydrogen-bond acceptors (Lipinski definition) is 8. The Kier molecular flexibility index (Phi) is 5.94. The number of ether oxygens (including phenoxy) is 1. The zero-order valence-corrected chi connectivity index (χ0v) is 17.4. The molecule has 0 N–H and O–H groups in total. The first-order chi connectivity index (χ1) is 12.6. The average Bonchev–Trinajstić information content (AvgIpc) is 2.88. The molecule has 1 aromatic heterocycles. The van der Waals surface area contributed by atoms with Gasteiger partial charge in [0.2, 0.25) is 20.0 Å². The summed E-state index contributed by atoms with van der Waals surface area (Å²) in [5.41, 5.74) is 0.309. The molecule has 10 nitrogen and oxygen atoms in total. The minimum atomic E-state index is -3.74. The van der Waals surface area contributed by atoms with Crippen molar-refractivity contribution < 1.29 is 26.1 Å². The maximum atomic E-state index is 12.8. The van der Waals surface area contributed by atoms with E-state index in [1.54, 1.807) is 13.8 Å². The summed E-state index contributed by atoms with van der Waals surface area (Å²) in [6, 6.07) is -0.365. The maximum Gasteiger partial charge on any atom is 0.248 e. The molecule has 0 aliphatic carbocycles. The summed E-state index contributed by atoms with van der Waals surface area (Å²) in [5, 5.41) is 3.69. The van der Waals surface area contributed by atoms with Gasteiger partial charge in [-0.05, 0) is 13.8 Å². The van der Waals surface area contributed by atoms with Gasteiger partial charge < -0.3 is 9.26 Å². The van der Waals surface area contributed by atoms with Crippen LogP contribution in [0, 0.1) is 13.8 Å². The van der Waals surface area contributed by atoms with Crippen LogP contribution >= 0.6 is 0 Å². The third kappa shape index (κ3) is 4.35. The second kappa shape index (κ2) is 7.76. The van der Waals surface area contributed by atoms with Crippen molar-refractivity contribution in [2.45, 2.75) is 24.8 Å². The largest absolute Gasteiger partial charge is 0.379 e. The fraction of sp³-hybridized carbons (Fsp3) is 0.800. The van der Waals surface area contributed by atoms with E-state index >= 15 is 0 Å². The molecule has 0 atom stereocenters. The molecule has 0 saturated carbocycles. The molecule has 3 rings (SSSR count). The lowest BCUT2D eigenvalue weighted by Gasteiger charge is -2.43. The van der Waals surface area contributed by atoms with Gasteiger partial charge in [0.1, 0.15) is 10.6 Å². The van der Waals surface area contributed by atoms with Crippen LogP contribution in [0.25, 0.3) is 0 Å². The van der Waals surface area contributed by atoms with Gasteiger partial charge in [0, 0.05) is 39.3 Å². The molecule has 12 heteroatoms. The molecule has 0 aromatic carbocycles. The Morgan fingerprint density at radius 3 is 2.30 bits per heavy atom. The highest BCUT2D eigenvalue weighted by Crippen LogP contribution is 2.29. The van der Waals surface area contributed by atoms with Crippen LogP contribution in [0.5, 0.6) is 0 Å². The van der Waals surface area contributed by atoms with Gasteiger partial charge >= 0.3 is 0 Å². The number of aromatic nitrogens is 1. The van der Waals surface area contributed by atoms with Crippen molar-refractivity contribution in [2.75, 3.05) is 58.7 Å². The topological polar surface area (TPSA) is 113 Å². The van der Waals surface area contributed by atoms with Crippen LogP contribution in [-0.2, 0) is 24.8 Å². The van der Waals surface area contributed by atoms with E-state index in [0.717, 1.165) is 19.3 Å². The fourth-order valence-electron chi connectivity index (χ4n) is 3.45. The van der Waals surface area contributed by atoms with Crippen molar-refractivity contribution in [1.29, 1.82) is 0 Å². The number of sulfonamides is 2. The second-order valence-electron chi connectivity index (χ2n) is 6.96. The first kappa shape index (κ1) is 20.7. The van der Waals surface area contributed by atoms with Gasteiger partial charge in [0.15, 0.2) is 5.76 Å². The van der Waals surface area contributed by atoms with Crippen LogP contribution in [0.15, 0.2) is 9.42 Å². The molecule has 0 radical (unpaired) electrons. The summed E-state index contributed by atoms with van der Waals surface area (Å²) in [4.78, 5) is 2.22. The maximum absolute atomic E-state index is 12.8. The van der Waals surface area contributed by atoms with E-state index in [9.17, 15) is 16.8 Å². The highest BCUT2D eigenvalue weighted by atomic mass is 32.2. The molecular formula is C15H26N4O6S2. The van der Waals surface area contributed by atoms with E-state index in [0.29, 0.717) is 32.0 Å². The molecule has 0 bridgehead atoms. The van der Waals surface area contributed by atoms with Crippen LogP contribution in [0.3, 0.4) is 0 Å². The van der Waals surface area contributed by atoms with E-state index in [1.165, 1.54) is 8.61 Å². The Morgan fingerprint density at radius 1 is 1.15 bits per heavy atom. The van der Waals surface area contributed by atoms with Gasteiger partial charge in [-0.15, -0.1) is 0 Å². The molecular weight excluding hydrogens is 396 g/mol. The monoisotopic (exact) mass is 422 g/mol. The summed E-state index contributed by atoms with van der Waals surface area (Å²) in [6.45, 7) is 7.15. The van der Waals surface area contributed by atoms with Gasteiger partial charge in [0.05, 0.1) is 25.5 Å². The predicted molar refractivity (Wildman–Crippen MR) is 97.3 cm³/mol. The SMILES string of the molecule is Cc1noc(C)c1S(=O)(=O)N1CC(N(CCN2CCOCC2)S(C)(=O)=O)C1. The van der Waals surface area contributed by atoms with Gasteiger partial charge in [-0.25, -0.2) is 16.8 Å². The standard InChI is InChI=1S/C15H26N4O6S2/c1-12-15(13(2)25-16-12)27(22,23)18-10-14(11-18)19(26(3,20)21)5-4-17-6-8-24-9-7-17/h14H,4-11H2,1-3H3. The Morgan fingerprint density at radius 2 is 1.78 bits per heavy atom. The fourth-order valence-corrected chi connectivity index (χ4v) is 6.35. The summed E-state index contributed by atoms with van der Waals surface area (Å²) in [6.07, 6.45) is 1.16. The van der Waals surface area contributed by atoms with Gasteiger partial charge in [-0.2, -0.15) is 8.61 Å². The summed E-state index contributed by atoms with van der Waals surface area (Å²) < 4.78 is 62.9. The van der Waals surface area contributed by atoms with Crippen molar-refractivity contribution in [2.24, 2.45) is 0 Å². The quantitative estimate of drug-likeness (QED) is 0.564. The molecule has 2 fully saturated rings. The summed E-state index contributed by atoms with van der Waals surface area (Å²) in [7, 11) is -7.18. The molecule has 2 saturated heterocycles. The molecule has 1 aromatic rings. The predicted octanol–water partition coefficient (Wildman–Crippen LogP) is -0.742. The van der Waals surface area contributed by atoms with E-state index in [1.807, 2.05) is 0 Å². The van der Waals surface area contributed by atoms with E-state index in [-0.39, 0.29) is 29.8 Å². The molecule has 2 aliphatic rings. The van der Waals surface area contributed by atoms with Crippen LogP contribution in [0.1, 0.15) is 11.5 Å². The Balaban J connectivity index is 1.65. The van der Waals surface area contributed by atoms with Crippen LogP contribution in [-0.4, -0.2) is 100 Å². The number of aryl methyl sites for hydroxylation is 2. The zero-order chi connectivity index (χ0) is 19.8. The highest BCUT2D eigenvalue weighted by Gasteiger charge is 2.44. The number of rotatable bonds is 7. The van der Waals surface area contributed by atoms with Crippen molar-refractivity contribution in [3.8, 4) is 0 Å².